The molecule has 153 valence electrons. The molecule has 0 aliphatic rings. The quantitative estimate of drug-likeness (QED) is 0.191. The van der Waals surface area contributed by atoms with Gasteiger partial charge in [-0.15, -0.1) is 0 Å². The standard InChI is InChI=1S/C24H16BrN.CH3F.BHNS/c25-19-12-14-24-22(16-19)21-15-18(17-7-3-1-4-8-17)11-13-23(21)26(24)20-9-5-2-6-10-20;1-2;1-2-3/h1-16H;1H3;3H/i;1D;. The first-order valence-corrected chi connectivity index (χ1v) is 10.6. The SMILES string of the molecule is Brc1ccc2c(c1)c1cc(-c3ccccc3)ccc1n2-c1ccccc1.[2H]CF.[B]=NS. The molecule has 0 atom stereocenters. The number of thiol groups is 1. The molecule has 31 heavy (non-hydrogen) atoms. The summed E-state index contributed by atoms with van der Waals surface area (Å²) in [4.78, 5) is 0. The molecule has 0 saturated carbocycles. The van der Waals surface area contributed by atoms with Gasteiger partial charge in [0.05, 0.1) is 19.6 Å². The second-order valence-corrected chi connectivity index (χ2v) is 7.69. The van der Waals surface area contributed by atoms with E-state index in [-0.39, 0.29) is 0 Å². The van der Waals surface area contributed by atoms with Crippen molar-refractivity contribution in [1.29, 1.82) is 0 Å². The maximum absolute atomic E-state index is 9.96. The fraction of sp³-hybridized carbons (Fsp3) is 0.0400. The monoisotopic (exact) mass is 490 g/mol. The summed E-state index contributed by atoms with van der Waals surface area (Å²) in [5.74, 6) is 0. The molecule has 0 amide bonds. The topological polar surface area (TPSA) is 17.3 Å². The van der Waals surface area contributed by atoms with Gasteiger partial charge in [0.15, 0.2) is 0 Å². The Morgan fingerprint density at radius 3 is 1.97 bits per heavy atom. The number of halogens is 2. The van der Waals surface area contributed by atoms with Crippen LogP contribution < -0.4 is 0 Å². The van der Waals surface area contributed by atoms with Gasteiger partial charge in [0.25, 0.3) is 0 Å². The summed E-state index contributed by atoms with van der Waals surface area (Å²) >= 11 is 6.83. The predicted molar refractivity (Wildman–Crippen MR) is 138 cm³/mol. The first-order valence-electron chi connectivity index (χ1n) is 10.1. The van der Waals surface area contributed by atoms with Gasteiger partial charge in [-0.25, -0.2) is 0 Å². The summed E-state index contributed by atoms with van der Waals surface area (Å²) in [6, 6.07) is 34.4. The van der Waals surface area contributed by atoms with E-state index in [1.807, 2.05) is 0 Å². The van der Waals surface area contributed by atoms with Crippen LogP contribution in [0.15, 0.2) is 106 Å². The van der Waals surface area contributed by atoms with Crippen LogP contribution in [0.3, 0.4) is 0 Å². The number of para-hydroxylation sites is 1. The molecule has 0 unspecified atom stereocenters. The van der Waals surface area contributed by atoms with E-state index >= 15 is 0 Å². The van der Waals surface area contributed by atoms with E-state index in [1.165, 1.54) is 38.6 Å². The molecule has 5 rings (SSSR count). The minimum absolute atomic E-state index is 1.00. The van der Waals surface area contributed by atoms with Gasteiger partial charge in [-0.3, -0.25) is 4.39 Å². The van der Waals surface area contributed by atoms with Crippen molar-refractivity contribution >= 4 is 58.2 Å². The van der Waals surface area contributed by atoms with Gasteiger partial charge in [0, 0.05) is 20.9 Å². The molecule has 0 spiro atoms. The van der Waals surface area contributed by atoms with Crippen molar-refractivity contribution in [2.24, 2.45) is 4.30 Å². The number of nitrogens with zero attached hydrogens (tertiary/aromatic N) is 2. The van der Waals surface area contributed by atoms with Gasteiger partial charge >= 0.3 is 24.8 Å². The summed E-state index contributed by atoms with van der Waals surface area (Å²) in [5.41, 5.74) is 6.11. The van der Waals surface area contributed by atoms with Crippen molar-refractivity contribution in [2.75, 3.05) is 7.15 Å². The van der Waals surface area contributed by atoms with Crippen LogP contribution in [-0.2, 0) is 0 Å². The van der Waals surface area contributed by atoms with Crippen molar-refractivity contribution in [3.05, 3.63) is 102 Å². The Morgan fingerprint density at radius 1 is 0.839 bits per heavy atom. The summed E-state index contributed by atoms with van der Waals surface area (Å²) in [7, 11) is 3.34. The van der Waals surface area contributed by atoms with Crippen LogP contribution in [0.1, 0.15) is 1.37 Å². The Kier molecular flexibility index (Phi) is 7.69. The summed E-state index contributed by atoms with van der Waals surface area (Å²) in [5, 5.41) is 2.53. The third-order valence-electron chi connectivity index (χ3n) is 4.85. The van der Waals surface area contributed by atoms with Crippen LogP contribution in [0.5, 0.6) is 0 Å². The molecule has 2 nitrogen and oxygen atoms in total. The molecule has 0 fully saturated rings. The second kappa shape index (κ2) is 11.1. The molecule has 1 radical (unpaired) electrons. The van der Waals surface area contributed by atoms with Gasteiger partial charge in [0.1, 0.15) is 0 Å². The summed E-state index contributed by atoms with van der Waals surface area (Å²) < 4.78 is 21.6. The Hall–Kier alpha value is -2.70. The number of benzene rings is 4. The van der Waals surface area contributed by atoms with Gasteiger partial charge in [-0.05, 0) is 53.6 Å². The van der Waals surface area contributed by atoms with Crippen molar-refractivity contribution < 1.29 is 5.76 Å². The molecular weight excluding hydrogens is 470 g/mol. The Balaban J connectivity index is 0.000000437. The molecule has 0 bridgehead atoms. The van der Waals surface area contributed by atoms with E-state index in [2.05, 4.69) is 142 Å². The minimum atomic E-state index is -1.00. The molecule has 4 aromatic carbocycles. The van der Waals surface area contributed by atoms with Gasteiger partial charge in [0.2, 0.25) is 0 Å². The van der Waals surface area contributed by atoms with Crippen molar-refractivity contribution in [3.63, 3.8) is 0 Å². The maximum atomic E-state index is 9.96. The molecule has 0 N–H and O–H groups in total. The molecular formula is C25H20BBrFN2S. The van der Waals surface area contributed by atoms with Gasteiger partial charge < -0.3 is 4.57 Å². The number of alkyl halides is 1. The third kappa shape index (κ3) is 4.97. The average Bonchev–Trinajstić information content (AvgIpc) is 3.14. The molecule has 0 saturated heterocycles. The van der Waals surface area contributed by atoms with E-state index in [1.54, 1.807) is 0 Å². The van der Waals surface area contributed by atoms with E-state index < -0.39 is 7.15 Å². The number of aromatic nitrogens is 1. The number of fused-ring (bicyclic) bond motifs is 3. The van der Waals surface area contributed by atoms with Crippen molar-refractivity contribution in [1.82, 2.24) is 4.57 Å². The molecule has 5 aromatic rings. The molecule has 0 aliphatic heterocycles. The molecule has 1 heterocycles. The zero-order valence-electron chi connectivity index (χ0n) is 17.6. The van der Waals surface area contributed by atoms with E-state index in [0.29, 0.717) is 0 Å². The van der Waals surface area contributed by atoms with Crippen LogP contribution in [0, 0.1) is 0 Å². The molecule has 0 aliphatic carbocycles. The van der Waals surface area contributed by atoms with E-state index in [0.717, 1.165) is 4.47 Å². The van der Waals surface area contributed by atoms with E-state index in [9.17, 15) is 4.39 Å². The normalized spacial score (nSPS) is 10.5. The fourth-order valence-corrected chi connectivity index (χ4v) is 4.02. The van der Waals surface area contributed by atoms with E-state index in [4.69, 9.17) is 1.37 Å². The summed E-state index contributed by atoms with van der Waals surface area (Å²) in [6.07, 6.45) is 0. The predicted octanol–water partition coefficient (Wildman–Crippen LogP) is 7.98. The van der Waals surface area contributed by atoms with Gasteiger partial charge in [-0.2, -0.15) is 0 Å². The zero-order valence-corrected chi connectivity index (χ0v) is 19.1. The van der Waals surface area contributed by atoms with Gasteiger partial charge in [-0.1, -0.05) is 70.5 Å². The summed E-state index contributed by atoms with van der Waals surface area (Å²) in [6.45, 7) is 0. The second-order valence-electron chi connectivity index (χ2n) is 6.55. The van der Waals surface area contributed by atoms with Crippen LogP contribution in [0.2, 0.25) is 0 Å². The van der Waals surface area contributed by atoms with Crippen LogP contribution in [-0.4, -0.2) is 19.4 Å². The zero-order chi connectivity index (χ0) is 22.9. The number of hydrogen-bond donors (Lipinski definition) is 1. The van der Waals surface area contributed by atoms with Crippen LogP contribution >= 0.6 is 28.7 Å². The Labute approximate surface area is 197 Å². The van der Waals surface area contributed by atoms with Crippen molar-refractivity contribution in [2.45, 2.75) is 0 Å². The first kappa shape index (κ1) is 21.5. The third-order valence-corrected chi connectivity index (χ3v) is 5.34. The number of rotatable bonds is 2. The van der Waals surface area contributed by atoms with Crippen molar-refractivity contribution in [3.8, 4) is 16.8 Å². The number of hydrogen-bond acceptors (Lipinski definition) is 2. The Morgan fingerprint density at radius 2 is 1.35 bits per heavy atom. The first-order chi connectivity index (χ1) is 15.6. The van der Waals surface area contributed by atoms with Crippen LogP contribution in [0.4, 0.5) is 4.39 Å². The fourth-order valence-electron chi connectivity index (χ4n) is 3.66. The molecule has 6 heteroatoms. The molecule has 1 aromatic heterocycles. The Bertz CT molecular complexity index is 1310. The van der Waals surface area contributed by atoms with Crippen LogP contribution in [0.25, 0.3) is 38.6 Å². The average molecular weight is 491 g/mol.